The zero-order chi connectivity index (χ0) is 25.7. The smallest absolute Gasteiger partial charge is 0.416 e. The largest absolute Gasteiger partial charge is 0.468 e. The summed E-state index contributed by atoms with van der Waals surface area (Å²) in [5, 5.41) is 14.4. The van der Waals surface area contributed by atoms with E-state index in [1.807, 2.05) is 6.07 Å². The molecule has 4 rings (SSSR count). The first-order chi connectivity index (χ1) is 17.2. The van der Waals surface area contributed by atoms with Gasteiger partial charge in [0.15, 0.2) is 0 Å². The van der Waals surface area contributed by atoms with Gasteiger partial charge < -0.3 is 9.73 Å². The number of carbonyl (C=O) groups is 1. The fourth-order valence-corrected chi connectivity index (χ4v) is 5.22. The van der Waals surface area contributed by atoms with Crippen LogP contribution in [0.4, 0.5) is 18.9 Å². The van der Waals surface area contributed by atoms with Crippen molar-refractivity contribution in [1.29, 1.82) is 0 Å². The van der Waals surface area contributed by atoms with E-state index in [0.717, 1.165) is 62.0 Å². The number of likely N-dealkylation sites (tertiary alicyclic amines) is 1. The normalized spacial score (nSPS) is 15.4. The number of nitro groups is 1. The van der Waals surface area contributed by atoms with Crippen LogP contribution in [0.2, 0.25) is 0 Å². The van der Waals surface area contributed by atoms with Gasteiger partial charge in [-0.05, 0) is 62.3 Å². The zero-order valence-electron chi connectivity index (χ0n) is 19.2. The number of carbonyl (C=O) groups excluding carboxylic acids is 1. The van der Waals surface area contributed by atoms with Crippen LogP contribution in [-0.2, 0) is 6.18 Å². The summed E-state index contributed by atoms with van der Waals surface area (Å²) in [6.07, 6.45) is 0.184. The summed E-state index contributed by atoms with van der Waals surface area (Å²) in [6.45, 7) is 2.09. The molecule has 0 spiro atoms. The third-order valence-corrected chi connectivity index (χ3v) is 7.13. The second-order valence-electron chi connectivity index (χ2n) is 8.37. The molecule has 11 heteroatoms. The van der Waals surface area contributed by atoms with Gasteiger partial charge in [0.2, 0.25) is 0 Å². The van der Waals surface area contributed by atoms with Gasteiger partial charge in [-0.15, -0.1) is 0 Å². The molecule has 1 aliphatic heterocycles. The van der Waals surface area contributed by atoms with E-state index in [0.29, 0.717) is 17.5 Å². The molecule has 7 nitrogen and oxygen atoms in total. The van der Waals surface area contributed by atoms with Crippen molar-refractivity contribution >= 4 is 23.4 Å². The highest BCUT2D eigenvalue weighted by Gasteiger charge is 2.33. The Bertz CT molecular complexity index is 1210. The van der Waals surface area contributed by atoms with Crippen LogP contribution >= 0.6 is 11.8 Å². The Hall–Kier alpha value is -3.31. The van der Waals surface area contributed by atoms with Crippen molar-refractivity contribution in [2.45, 2.75) is 41.3 Å². The minimum absolute atomic E-state index is 0.00929. The Morgan fingerprint density at radius 3 is 2.50 bits per heavy atom. The number of halogens is 3. The lowest BCUT2D eigenvalue weighted by Gasteiger charge is -2.33. The Kier molecular flexibility index (Phi) is 8.00. The van der Waals surface area contributed by atoms with E-state index in [9.17, 15) is 28.1 Å². The van der Waals surface area contributed by atoms with Crippen LogP contribution in [0.25, 0.3) is 0 Å². The number of nitro benzene ring substituents is 1. The molecule has 2 aromatic carbocycles. The fraction of sp³-hybridized carbons (Fsp3) is 0.320. The van der Waals surface area contributed by atoms with E-state index < -0.39 is 22.4 Å². The number of amides is 1. The van der Waals surface area contributed by atoms with Gasteiger partial charge in [-0.2, -0.15) is 13.2 Å². The molecule has 0 bridgehead atoms. The number of nitrogens with zero attached hydrogens (tertiary/aromatic N) is 2. The van der Waals surface area contributed by atoms with Gasteiger partial charge >= 0.3 is 6.18 Å². The van der Waals surface area contributed by atoms with Crippen molar-refractivity contribution in [2.24, 2.45) is 0 Å². The molecule has 0 radical (unpaired) electrons. The maximum Gasteiger partial charge on any atom is 0.416 e. The predicted molar refractivity (Wildman–Crippen MR) is 128 cm³/mol. The van der Waals surface area contributed by atoms with Crippen LogP contribution < -0.4 is 5.32 Å². The van der Waals surface area contributed by atoms with Crippen molar-refractivity contribution in [1.82, 2.24) is 10.2 Å². The third kappa shape index (κ3) is 6.08. The molecule has 1 aromatic heterocycles. The molecule has 0 aliphatic carbocycles. The van der Waals surface area contributed by atoms with Gasteiger partial charge in [0.05, 0.1) is 33.3 Å². The number of piperidine rings is 1. The monoisotopic (exact) mass is 519 g/mol. The van der Waals surface area contributed by atoms with E-state index in [1.165, 1.54) is 0 Å². The second kappa shape index (κ2) is 11.2. The van der Waals surface area contributed by atoms with Crippen LogP contribution in [0, 0.1) is 10.1 Å². The van der Waals surface area contributed by atoms with Crippen LogP contribution in [0.15, 0.2) is 75.1 Å². The number of hydrogen-bond donors (Lipinski definition) is 1. The van der Waals surface area contributed by atoms with Crippen LogP contribution in [0.5, 0.6) is 0 Å². The quantitative estimate of drug-likeness (QED) is 0.277. The van der Waals surface area contributed by atoms with Gasteiger partial charge in [-0.25, -0.2) is 0 Å². The van der Waals surface area contributed by atoms with Crippen molar-refractivity contribution in [2.75, 3.05) is 19.6 Å². The molecule has 1 N–H and O–H groups in total. The first-order valence-electron chi connectivity index (χ1n) is 11.4. The SMILES string of the molecule is O=C(NC[C@@H](c1ccco1)N1CCCCC1)c1ccccc1Sc1ccc(C(F)(F)F)cc1[N+](=O)[O-]. The minimum Gasteiger partial charge on any atom is -0.468 e. The Morgan fingerprint density at radius 2 is 1.83 bits per heavy atom. The van der Waals surface area contributed by atoms with Crippen LogP contribution in [0.1, 0.15) is 47.0 Å². The lowest BCUT2D eigenvalue weighted by atomic mass is 10.1. The number of rotatable bonds is 8. The predicted octanol–water partition coefficient (Wildman–Crippen LogP) is 6.31. The van der Waals surface area contributed by atoms with Crippen LogP contribution in [-0.4, -0.2) is 35.4 Å². The summed E-state index contributed by atoms with van der Waals surface area (Å²) in [5.74, 6) is 0.362. The molecule has 1 amide bonds. The topological polar surface area (TPSA) is 88.6 Å². The number of benzene rings is 2. The highest BCUT2D eigenvalue weighted by Crippen LogP contribution is 2.40. The molecule has 190 valence electrons. The number of alkyl halides is 3. The summed E-state index contributed by atoms with van der Waals surface area (Å²) in [7, 11) is 0. The fourth-order valence-electron chi connectivity index (χ4n) is 4.19. The Labute approximate surface area is 209 Å². The molecule has 3 aromatic rings. The summed E-state index contributed by atoms with van der Waals surface area (Å²) in [6, 6.07) is 12.4. The maximum atomic E-state index is 13.2. The maximum absolute atomic E-state index is 13.2. The lowest BCUT2D eigenvalue weighted by Crippen LogP contribution is -2.40. The molecule has 1 saturated heterocycles. The van der Waals surface area contributed by atoms with Crippen molar-refractivity contribution in [3.05, 3.63) is 87.9 Å². The number of hydrogen-bond acceptors (Lipinski definition) is 6. The second-order valence-corrected chi connectivity index (χ2v) is 9.46. The van der Waals surface area contributed by atoms with E-state index in [4.69, 9.17) is 4.42 Å². The van der Waals surface area contributed by atoms with Gasteiger partial charge in [0.1, 0.15) is 5.76 Å². The zero-order valence-corrected chi connectivity index (χ0v) is 20.0. The summed E-state index contributed by atoms with van der Waals surface area (Å²) >= 11 is 0.878. The van der Waals surface area contributed by atoms with E-state index >= 15 is 0 Å². The average molecular weight is 520 g/mol. The van der Waals surface area contributed by atoms with Gasteiger partial charge in [-0.3, -0.25) is 19.8 Å². The number of furan rings is 1. The average Bonchev–Trinajstić information content (AvgIpc) is 3.39. The number of nitrogens with one attached hydrogen (secondary N) is 1. The van der Waals surface area contributed by atoms with Crippen molar-refractivity contribution in [3.63, 3.8) is 0 Å². The molecule has 0 unspecified atom stereocenters. The van der Waals surface area contributed by atoms with E-state index in [-0.39, 0.29) is 22.4 Å². The molecular formula is C25H24F3N3O4S. The summed E-state index contributed by atoms with van der Waals surface area (Å²) in [4.78, 5) is 26.5. The minimum atomic E-state index is -4.70. The molecule has 1 atom stereocenters. The van der Waals surface area contributed by atoms with Gasteiger partial charge in [0.25, 0.3) is 11.6 Å². The van der Waals surface area contributed by atoms with Gasteiger partial charge in [0, 0.05) is 17.5 Å². The Balaban J connectivity index is 1.54. The lowest BCUT2D eigenvalue weighted by molar-refractivity contribution is -0.388. The summed E-state index contributed by atoms with van der Waals surface area (Å²) < 4.78 is 44.8. The molecule has 1 aliphatic rings. The van der Waals surface area contributed by atoms with E-state index in [2.05, 4.69) is 10.2 Å². The van der Waals surface area contributed by atoms with E-state index in [1.54, 1.807) is 36.6 Å². The first-order valence-corrected chi connectivity index (χ1v) is 12.2. The van der Waals surface area contributed by atoms with Gasteiger partial charge in [-0.1, -0.05) is 30.3 Å². The molecular weight excluding hydrogens is 495 g/mol. The third-order valence-electron chi connectivity index (χ3n) is 5.99. The van der Waals surface area contributed by atoms with Crippen molar-refractivity contribution < 1.29 is 27.3 Å². The van der Waals surface area contributed by atoms with Crippen LogP contribution in [0.3, 0.4) is 0 Å². The molecule has 36 heavy (non-hydrogen) atoms. The standard InChI is InChI=1S/C25H24F3N3O4S/c26-25(27,28)17-10-11-23(19(15-17)31(33)34)36-22-9-3-2-7-18(22)24(32)29-16-20(21-8-6-14-35-21)30-12-4-1-5-13-30/h2-3,6-11,14-15,20H,1,4-5,12-13,16H2,(H,29,32)/t20-/m0/s1. The molecule has 0 saturated carbocycles. The first kappa shape index (κ1) is 25.8. The highest BCUT2D eigenvalue weighted by atomic mass is 32.2. The van der Waals surface area contributed by atoms with Crippen molar-refractivity contribution in [3.8, 4) is 0 Å². The molecule has 1 fully saturated rings. The Morgan fingerprint density at radius 1 is 1.08 bits per heavy atom. The molecule has 2 heterocycles. The highest BCUT2D eigenvalue weighted by molar-refractivity contribution is 7.99. The summed E-state index contributed by atoms with van der Waals surface area (Å²) in [5.41, 5.74) is -1.51.